The number of aromatic nitrogens is 2. The number of hydrogen-bond acceptors (Lipinski definition) is 11. The SMILES string of the molecule is C=CC(=O)Nc1cc(Nc2ncc(C(=O)OC(C)C)c(N=CC3=C(N)c4ccccc4C3)n2)c(OC)cc1N(C)CCN(C)C. The number of methoxy groups -OCH3 is 1. The molecule has 1 aromatic heterocycles. The van der Waals surface area contributed by atoms with E-state index in [9.17, 15) is 9.59 Å². The fourth-order valence-corrected chi connectivity index (χ4v) is 4.64. The van der Waals surface area contributed by atoms with Gasteiger partial charge in [0.25, 0.3) is 0 Å². The van der Waals surface area contributed by atoms with Gasteiger partial charge in [0.2, 0.25) is 11.9 Å². The van der Waals surface area contributed by atoms with Gasteiger partial charge in [-0.05, 0) is 51.2 Å². The van der Waals surface area contributed by atoms with Crippen LogP contribution in [0.2, 0.25) is 0 Å². The molecule has 2 aromatic carbocycles. The minimum atomic E-state index is -0.600. The molecule has 236 valence electrons. The largest absolute Gasteiger partial charge is 0.494 e. The highest BCUT2D eigenvalue weighted by Gasteiger charge is 2.21. The van der Waals surface area contributed by atoms with Crippen LogP contribution in [0.5, 0.6) is 5.75 Å². The summed E-state index contributed by atoms with van der Waals surface area (Å²) in [5.74, 6) is -0.229. The van der Waals surface area contributed by atoms with E-state index < -0.39 is 5.97 Å². The minimum Gasteiger partial charge on any atom is -0.494 e. The molecule has 45 heavy (non-hydrogen) atoms. The number of nitrogens with two attached hydrogens (primary N) is 1. The Bertz CT molecular complexity index is 1650. The second-order valence-electron chi connectivity index (χ2n) is 11.0. The highest BCUT2D eigenvalue weighted by atomic mass is 16.5. The molecule has 0 spiro atoms. The molecular weight excluding hydrogens is 572 g/mol. The average molecular weight is 613 g/mol. The lowest BCUT2D eigenvalue weighted by molar-refractivity contribution is -0.111. The molecular formula is C33H40N8O4. The van der Waals surface area contributed by atoms with Crippen molar-refractivity contribution < 1.29 is 19.1 Å². The Morgan fingerprint density at radius 2 is 1.91 bits per heavy atom. The molecule has 1 heterocycles. The van der Waals surface area contributed by atoms with Crippen LogP contribution in [-0.4, -0.2) is 80.4 Å². The molecule has 1 aliphatic carbocycles. The normalized spacial score (nSPS) is 12.4. The third kappa shape index (κ3) is 8.03. The van der Waals surface area contributed by atoms with E-state index in [0.717, 1.165) is 28.9 Å². The summed E-state index contributed by atoms with van der Waals surface area (Å²) in [7, 11) is 7.47. The van der Waals surface area contributed by atoms with E-state index in [0.29, 0.717) is 35.8 Å². The Balaban J connectivity index is 1.72. The van der Waals surface area contributed by atoms with E-state index in [2.05, 4.69) is 37.1 Å². The first-order chi connectivity index (χ1) is 21.5. The molecule has 0 saturated carbocycles. The number of likely N-dealkylation sites (N-methyl/N-ethyl adjacent to an activating group) is 2. The van der Waals surface area contributed by atoms with E-state index in [1.807, 2.05) is 56.4 Å². The van der Waals surface area contributed by atoms with Crippen LogP contribution < -0.4 is 26.0 Å². The predicted octanol–water partition coefficient (Wildman–Crippen LogP) is 4.54. The second-order valence-corrected chi connectivity index (χ2v) is 11.0. The number of carbonyl (C=O) groups is 2. The quantitative estimate of drug-likeness (QED) is 0.143. The van der Waals surface area contributed by atoms with Crippen LogP contribution in [0.3, 0.4) is 0 Å². The van der Waals surface area contributed by atoms with Crippen LogP contribution in [0, 0.1) is 0 Å². The predicted molar refractivity (Wildman–Crippen MR) is 179 cm³/mol. The zero-order chi connectivity index (χ0) is 32.7. The van der Waals surface area contributed by atoms with Gasteiger partial charge in [0.05, 0.1) is 30.3 Å². The number of aliphatic imine (C=N–C) groups is 1. The van der Waals surface area contributed by atoms with Crippen LogP contribution in [-0.2, 0) is 16.0 Å². The van der Waals surface area contributed by atoms with Gasteiger partial charge in [0.1, 0.15) is 11.3 Å². The van der Waals surface area contributed by atoms with Gasteiger partial charge in [-0.15, -0.1) is 0 Å². The van der Waals surface area contributed by atoms with Gasteiger partial charge in [-0.3, -0.25) is 4.79 Å². The van der Waals surface area contributed by atoms with Crippen molar-refractivity contribution >= 4 is 52.6 Å². The molecule has 0 bridgehead atoms. The Morgan fingerprint density at radius 3 is 2.58 bits per heavy atom. The van der Waals surface area contributed by atoms with Crippen molar-refractivity contribution in [3.63, 3.8) is 0 Å². The highest BCUT2D eigenvalue weighted by Crippen LogP contribution is 2.38. The van der Waals surface area contributed by atoms with Gasteiger partial charge < -0.3 is 35.6 Å². The maximum Gasteiger partial charge on any atom is 0.343 e. The van der Waals surface area contributed by atoms with Crippen molar-refractivity contribution in [1.29, 1.82) is 0 Å². The number of hydrogen-bond donors (Lipinski definition) is 3. The zero-order valence-electron chi connectivity index (χ0n) is 26.5. The maximum absolute atomic E-state index is 12.9. The molecule has 12 nitrogen and oxygen atoms in total. The molecule has 12 heteroatoms. The second kappa shape index (κ2) is 14.5. The fourth-order valence-electron chi connectivity index (χ4n) is 4.64. The third-order valence-corrected chi connectivity index (χ3v) is 7.01. The molecule has 0 saturated heterocycles. The number of benzene rings is 2. The summed E-state index contributed by atoms with van der Waals surface area (Å²) in [5, 5.41) is 6.03. The average Bonchev–Trinajstić information content (AvgIpc) is 3.33. The summed E-state index contributed by atoms with van der Waals surface area (Å²) >= 11 is 0. The Morgan fingerprint density at radius 1 is 1.16 bits per heavy atom. The third-order valence-electron chi connectivity index (χ3n) is 7.01. The van der Waals surface area contributed by atoms with Crippen molar-refractivity contribution in [2.75, 3.05) is 56.9 Å². The smallest absolute Gasteiger partial charge is 0.343 e. The first kappa shape index (κ1) is 32.7. The monoisotopic (exact) mass is 612 g/mol. The molecule has 0 aliphatic heterocycles. The summed E-state index contributed by atoms with van der Waals surface area (Å²) in [6.45, 7) is 8.59. The van der Waals surface area contributed by atoms with Crippen molar-refractivity contribution in [3.05, 3.63) is 77.5 Å². The Kier molecular flexibility index (Phi) is 10.5. The minimum absolute atomic E-state index is 0.101. The Hall–Kier alpha value is -5.23. The lowest BCUT2D eigenvalue weighted by Gasteiger charge is -2.26. The van der Waals surface area contributed by atoms with Crippen LogP contribution in [0.4, 0.5) is 28.8 Å². The molecule has 1 amide bonds. The van der Waals surface area contributed by atoms with E-state index in [1.54, 1.807) is 33.2 Å². The molecule has 0 radical (unpaired) electrons. The number of carbonyl (C=O) groups excluding carboxylic acids is 2. The number of nitrogens with one attached hydrogen (secondary N) is 2. The van der Waals surface area contributed by atoms with Gasteiger partial charge >= 0.3 is 5.97 Å². The van der Waals surface area contributed by atoms with Crippen molar-refractivity contribution in [2.24, 2.45) is 10.7 Å². The summed E-state index contributed by atoms with van der Waals surface area (Å²) in [6.07, 6.45) is 4.45. The van der Waals surface area contributed by atoms with Gasteiger partial charge in [-0.2, -0.15) is 4.98 Å². The fraction of sp³-hybridized carbons (Fsp3) is 0.303. The molecule has 0 fully saturated rings. The molecule has 4 rings (SSSR count). The molecule has 0 unspecified atom stereocenters. The number of amides is 1. The number of ether oxygens (including phenoxy) is 2. The lowest BCUT2D eigenvalue weighted by Crippen LogP contribution is -2.29. The Labute approximate surface area is 263 Å². The molecule has 0 atom stereocenters. The first-order valence-corrected chi connectivity index (χ1v) is 14.5. The van der Waals surface area contributed by atoms with Gasteiger partial charge in [0, 0.05) is 56.3 Å². The number of esters is 1. The number of anilines is 4. The molecule has 4 N–H and O–H groups in total. The summed E-state index contributed by atoms with van der Waals surface area (Å²) in [6, 6.07) is 11.4. The molecule has 1 aliphatic rings. The number of fused-ring (bicyclic) bond motifs is 1. The number of nitrogens with zero attached hydrogens (tertiary/aromatic N) is 5. The summed E-state index contributed by atoms with van der Waals surface area (Å²) in [4.78, 5) is 42.9. The maximum atomic E-state index is 12.9. The zero-order valence-corrected chi connectivity index (χ0v) is 26.5. The number of allylic oxidation sites excluding steroid dienone is 1. The highest BCUT2D eigenvalue weighted by molar-refractivity contribution is 6.02. The first-order valence-electron chi connectivity index (χ1n) is 14.5. The van der Waals surface area contributed by atoms with Crippen LogP contribution >= 0.6 is 0 Å². The van der Waals surface area contributed by atoms with E-state index in [-0.39, 0.29) is 29.3 Å². The van der Waals surface area contributed by atoms with Gasteiger partial charge in [0.15, 0.2) is 5.82 Å². The summed E-state index contributed by atoms with van der Waals surface area (Å²) in [5.41, 5.74) is 11.8. The van der Waals surface area contributed by atoms with E-state index >= 15 is 0 Å². The topological polar surface area (TPSA) is 147 Å². The summed E-state index contributed by atoms with van der Waals surface area (Å²) < 4.78 is 11.1. The van der Waals surface area contributed by atoms with Crippen LogP contribution in [0.15, 0.2) is 65.8 Å². The lowest BCUT2D eigenvalue weighted by atomic mass is 10.1. The van der Waals surface area contributed by atoms with Crippen molar-refractivity contribution in [2.45, 2.75) is 26.4 Å². The van der Waals surface area contributed by atoms with Gasteiger partial charge in [-0.25, -0.2) is 14.8 Å². The standard InChI is InChI=1S/C33H40N8O4/c1-8-29(42)37-25-16-26(28(44-7)17-27(25)41(6)14-13-40(4)5)38-33-36-19-24(32(43)45-20(2)3)31(39-33)35-18-22-15-21-11-9-10-12-23(21)30(22)34/h8-12,16-20H,1,13-15,34H2,2-7H3,(H,37,42)(H,36,38,39). The van der Waals surface area contributed by atoms with Crippen molar-refractivity contribution in [1.82, 2.24) is 14.9 Å². The van der Waals surface area contributed by atoms with Crippen LogP contribution in [0.25, 0.3) is 5.70 Å². The number of rotatable bonds is 13. The van der Waals surface area contributed by atoms with Crippen molar-refractivity contribution in [3.8, 4) is 5.75 Å². The van der Waals surface area contributed by atoms with Crippen LogP contribution in [0.1, 0.15) is 35.3 Å². The van der Waals surface area contributed by atoms with Gasteiger partial charge in [-0.1, -0.05) is 30.8 Å². The van der Waals surface area contributed by atoms with E-state index in [4.69, 9.17) is 15.2 Å². The molecule has 3 aromatic rings. The van der Waals surface area contributed by atoms with E-state index in [1.165, 1.54) is 12.3 Å².